The summed E-state index contributed by atoms with van der Waals surface area (Å²) in [7, 11) is 1.61. The fourth-order valence-corrected chi connectivity index (χ4v) is 8.50. The SMILES string of the molecule is CN(C(=O)C=Cc1cccc(C(F)(F)F)c1)[C@H]1CC[C@@]2([N+](=O)[O-])[C@H]3Cc4ccc(O)c5c4[C@@]2(CCN3CC2CC2)[C@H]1O5. The minimum atomic E-state index is -4.50. The van der Waals surface area contributed by atoms with Gasteiger partial charge in [-0.05, 0) is 80.0 Å². The lowest BCUT2D eigenvalue weighted by Gasteiger charge is -2.61. The van der Waals surface area contributed by atoms with Crippen LogP contribution >= 0.6 is 0 Å². The maximum atomic E-state index is 13.4. The van der Waals surface area contributed by atoms with Crippen molar-refractivity contribution in [3.05, 3.63) is 74.8 Å². The molecule has 5 atom stereocenters. The minimum absolute atomic E-state index is 0.0641. The van der Waals surface area contributed by atoms with Crippen LogP contribution < -0.4 is 4.74 Å². The van der Waals surface area contributed by atoms with Crippen LogP contribution in [0.5, 0.6) is 11.5 Å². The van der Waals surface area contributed by atoms with Crippen LogP contribution in [-0.4, -0.2) is 69.6 Å². The number of carbonyl (C=O) groups is 1. The number of piperidine rings is 1. The standard InChI is InChI=1S/C31H32F3N3O5/c1-35(25(39)10-7-18-3-2-4-21(15-18)31(32,33)34)22-11-12-30(37(40)41)24-16-20-8-9-23(38)27-26(20)29(30,28(22)42-27)13-14-36(24)17-19-5-6-19/h2-4,7-10,15,19,22,24,28,38H,5-6,11-14,16-17H2,1H3/t22-,24+,28-,29-,30+/m0/s1. The number of phenols is 1. The summed E-state index contributed by atoms with van der Waals surface area (Å²) in [6.45, 7) is 1.51. The smallest absolute Gasteiger partial charge is 0.416 e. The minimum Gasteiger partial charge on any atom is -0.504 e. The van der Waals surface area contributed by atoms with Crippen molar-refractivity contribution in [2.24, 2.45) is 5.92 Å². The van der Waals surface area contributed by atoms with E-state index >= 15 is 0 Å². The van der Waals surface area contributed by atoms with Crippen LogP contribution in [0, 0.1) is 16.0 Å². The van der Waals surface area contributed by atoms with E-state index in [-0.39, 0.29) is 34.4 Å². The monoisotopic (exact) mass is 583 g/mol. The fourth-order valence-electron chi connectivity index (χ4n) is 8.50. The molecule has 2 aliphatic heterocycles. The van der Waals surface area contributed by atoms with Gasteiger partial charge in [0.1, 0.15) is 11.5 Å². The Balaban J connectivity index is 1.25. The first kappa shape index (κ1) is 27.2. The van der Waals surface area contributed by atoms with Gasteiger partial charge in [-0.15, -0.1) is 0 Å². The zero-order valence-electron chi connectivity index (χ0n) is 23.1. The number of carbonyl (C=O) groups excluding carboxylic acids is 1. The number of phenolic OH excluding ortho intramolecular Hbond substituents is 1. The Morgan fingerprint density at radius 1 is 1.24 bits per heavy atom. The summed E-state index contributed by atoms with van der Waals surface area (Å²) in [6.07, 6.45) is 1.17. The molecule has 1 saturated heterocycles. The molecule has 1 N–H and O–H groups in total. The van der Waals surface area contributed by atoms with Gasteiger partial charge in [0, 0.05) is 36.6 Å². The van der Waals surface area contributed by atoms with E-state index in [0.29, 0.717) is 31.7 Å². The number of alkyl halides is 3. The average Bonchev–Trinajstić information content (AvgIpc) is 3.70. The van der Waals surface area contributed by atoms with Crippen molar-refractivity contribution >= 4 is 12.0 Å². The molecule has 8 nitrogen and oxygen atoms in total. The van der Waals surface area contributed by atoms with Gasteiger partial charge in [-0.3, -0.25) is 19.8 Å². The van der Waals surface area contributed by atoms with E-state index in [4.69, 9.17) is 4.74 Å². The molecule has 2 aromatic carbocycles. The molecule has 11 heteroatoms. The second-order valence-electron chi connectivity index (χ2n) is 12.6. The summed E-state index contributed by atoms with van der Waals surface area (Å²) in [4.78, 5) is 30.4. The first-order valence-corrected chi connectivity index (χ1v) is 14.5. The predicted molar refractivity (Wildman–Crippen MR) is 147 cm³/mol. The zero-order valence-corrected chi connectivity index (χ0v) is 23.1. The van der Waals surface area contributed by atoms with Crippen LogP contribution in [0.1, 0.15) is 54.4 Å². The largest absolute Gasteiger partial charge is 0.504 e. The molecule has 2 heterocycles. The molecule has 2 bridgehead atoms. The Labute approximate surface area is 240 Å². The number of amides is 1. The molecular weight excluding hydrogens is 551 g/mol. The van der Waals surface area contributed by atoms with Gasteiger partial charge < -0.3 is 14.7 Å². The van der Waals surface area contributed by atoms with Gasteiger partial charge in [-0.2, -0.15) is 13.2 Å². The number of hydrogen-bond acceptors (Lipinski definition) is 6. The summed E-state index contributed by atoms with van der Waals surface area (Å²) < 4.78 is 46.0. The number of benzene rings is 2. The number of rotatable bonds is 6. The van der Waals surface area contributed by atoms with E-state index in [9.17, 15) is 33.2 Å². The highest BCUT2D eigenvalue weighted by molar-refractivity contribution is 5.92. The van der Waals surface area contributed by atoms with Crippen LogP contribution in [0.2, 0.25) is 0 Å². The number of nitro groups is 1. The van der Waals surface area contributed by atoms with Crippen LogP contribution in [-0.2, 0) is 22.8 Å². The molecule has 222 valence electrons. The maximum Gasteiger partial charge on any atom is 0.416 e. The number of likely N-dealkylation sites (N-methyl/N-ethyl adjacent to an activating group) is 1. The number of likely N-dealkylation sites (tertiary alicyclic amines) is 1. The lowest BCUT2D eigenvalue weighted by molar-refractivity contribution is -0.606. The first-order valence-electron chi connectivity index (χ1n) is 14.5. The molecule has 3 aliphatic carbocycles. The quantitative estimate of drug-likeness (QED) is 0.298. The van der Waals surface area contributed by atoms with Gasteiger partial charge in [0.05, 0.1) is 17.6 Å². The molecule has 2 saturated carbocycles. The fraction of sp³-hybridized carbons (Fsp3) is 0.516. The van der Waals surface area contributed by atoms with Crippen LogP contribution in [0.3, 0.4) is 0 Å². The average molecular weight is 584 g/mol. The van der Waals surface area contributed by atoms with Crippen LogP contribution in [0.4, 0.5) is 13.2 Å². The summed E-state index contributed by atoms with van der Waals surface area (Å²) in [6, 6.07) is 7.32. The van der Waals surface area contributed by atoms with E-state index in [0.717, 1.165) is 42.6 Å². The molecule has 1 spiro atoms. The molecule has 2 aromatic rings. The summed E-state index contributed by atoms with van der Waals surface area (Å²) in [5.74, 6) is 0.347. The van der Waals surface area contributed by atoms with E-state index in [2.05, 4.69) is 4.90 Å². The third kappa shape index (κ3) is 3.74. The summed E-state index contributed by atoms with van der Waals surface area (Å²) in [5.41, 5.74) is -1.25. The normalized spacial score (nSPS) is 31.5. The van der Waals surface area contributed by atoms with E-state index in [1.54, 1.807) is 13.1 Å². The number of halogens is 3. The van der Waals surface area contributed by atoms with Crippen molar-refractivity contribution in [2.45, 2.75) is 73.8 Å². The lowest BCUT2D eigenvalue weighted by atomic mass is 9.46. The Morgan fingerprint density at radius 2 is 2.02 bits per heavy atom. The molecule has 5 aliphatic rings. The van der Waals surface area contributed by atoms with Crippen molar-refractivity contribution in [2.75, 3.05) is 20.1 Å². The number of aromatic hydroxyl groups is 1. The highest BCUT2D eigenvalue weighted by Gasteiger charge is 2.80. The Kier molecular flexibility index (Phi) is 5.97. The molecular formula is C31H32F3N3O5. The molecule has 3 fully saturated rings. The molecule has 0 unspecified atom stereocenters. The lowest BCUT2D eigenvalue weighted by Crippen LogP contribution is -2.80. The Hall–Kier alpha value is -3.60. The zero-order chi connectivity index (χ0) is 29.6. The first-order chi connectivity index (χ1) is 20.0. The van der Waals surface area contributed by atoms with Crippen molar-refractivity contribution < 1.29 is 32.7 Å². The topological polar surface area (TPSA) is 96.2 Å². The van der Waals surface area contributed by atoms with E-state index < -0.39 is 40.7 Å². The molecule has 7 rings (SSSR count). The number of nitrogens with zero attached hydrogens (tertiary/aromatic N) is 3. The maximum absolute atomic E-state index is 13.4. The van der Waals surface area contributed by atoms with Gasteiger partial charge in [-0.1, -0.05) is 18.2 Å². The molecule has 1 amide bonds. The predicted octanol–water partition coefficient (Wildman–Crippen LogP) is 4.80. The van der Waals surface area contributed by atoms with E-state index in [1.807, 2.05) is 6.07 Å². The van der Waals surface area contributed by atoms with Gasteiger partial charge in [-0.25, -0.2) is 0 Å². The van der Waals surface area contributed by atoms with E-state index in [1.165, 1.54) is 29.2 Å². The van der Waals surface area contributed by atoms with Crippen molar-refractivity contribution in [3.63, 3.8) is 0 Å². The van der Waals surface area contributed by atoms with Crippen LogP contribution in [0.15, 0.2) is 42.5 Å². The third-order valence-corrected chi connectivity index (χ3v) is 10.5. The summed E-state index contributed by atoms with van der Waals surface area (Å²) >= 11 is 0. The molecule has 42 heavy (non-hydrogen) atoms. The third-order valence-electron chi connectivity index (χ3n) is 10.5. The van der Waals surface area contributed by atoms with Gasteiger partial charge in [0.25, 0.3) is 5.54 Å². The highest BCUT2D eigenvalue weighted by atomic mass is 19.4. The Bertz CT molecular complexity index is 1510. The van der Waals surface area contributed by atoms with Gasteiger partial charge in [0.2, 0.25) is 5.91 Å². The van der Waals surface area contributed by atoms with Gasteiger partial charge >= 0.3 is 6.18 Å². The second-order valence-corrected chi connectivity index (χ2v) is 12.6. The molecule has 0 radical (unpaired) electrons. The van der Waals surface area contributed by atoms with Crippen molar-refractivity contribution in [3.8, 4) is 11.5 Å². The van der Waals surface area contributed by atoms with Crippen molar-refractivity contribution in [1.29, 1.82) is 0 Å². The van der Waals surface area contributed by atoms with Crippen LogP contribution in [0.25, 0.3) is 6.08 Å². The summed E-state index contributed by atoms with van der Waals surface area (Å²) in [5, 5.41) is 24.1. The highest BCUT2D eigenvalue weighted by Crippen LogP contribution is 2.67. The Morgan fingerprint density at radius 3 is 2.74 bits per heavy atom. The second kappa shape index (κ2) is 9.20. The molecule has 0 aromatic heterocycles. The van der Waals surface area contributed by atoms with Gasteiger partial charge in [0.15, 0.2) is 11.5 Å². The van der Waals surface area contributed by atoms with Crippen molar-refractivity contribution in [1.82, 2.24) is 9.80 Å². The number of ether oxygens (including phenoxy) is 1. The number of hydrogen-bond donors (Lipinski definition) is 1.